The lowest BCUT2D eigenvalue weighted by Gasteiger charge is -2.09. The summed E-state index contributed by atoms with van der Waals surface area (Å²) in [5.41, 5.74) is 0.592. The Kier molecular flexibility index (Phi) is 6.25. The second-order valence-electron chi connectivity index (χ2n) is 5.29. The number of amides is 1. The quantitative estimate of drug-likeness (QED) is 0.591. The Morgan fingerprint density at radius 1 is 1.16 bits per heavy atom. The van der Waals surface area contributed by atoms with Crippen LogP contribution in [0, 0.1) is 0 Å². The highest BCUT2D eigenvalue weighted by Gasteiger charge is 2.13. The first kappa shape index (κ1) is 17.7. The van der Waals surface area contributed by atoms with E-state index in [1.165, 1.54) is 11.8 Å². The molecule has 25 heavy (non-hydrogen) atoms. The fraction of sp³-hybridized carbons (Fsp3) is 0.167. The van der Waals surface area contributed by atoms with Gasteiger partial charge in [-0.1, -0.05) is 27.7 Å². The van der Waals surface area contributed by atoms with Crippen LogP contribution in [-0.4, -0.2) is 27.2 Å². The molecular weight excluding hydrogens is 400 g/mol. The Balaban J connectivity index is 1.59. The summed E-state index contributed by atoms with van der Waals surface area (Å²) in [5.74, 6) is -0.104. The van der Waals surface area contributed by atoms with Crippen molar-refractivity contribution in [1.82, 2.24) is 20.1 Å². The first-order chi connectivity index (χ1) is 12.2. The average molecular weight is 417 g/mol. The molecule has 0 fully saturated rings. The Labute approximate surface area is 159 Å². The van der Waals surface area contributed by atoms with Crippen molar-refractivity contribution in [3.63, 3.8) is 0 Å². The van der Waals surface area contributed by atoms with Gasteiger partial charge in [0.15, 0.2) is 0 Å². The van der Waals surface area contributed by atoms with Crippen LogP contribution in [0.15, 0.2) is 75.4 Å². The summed E-state index contributed by atoms with van der Waals surface area (Å²) in [7, 11) is 0. The van der Waals surface area contributed by atoms with E-state index >= 15 is 0 Å². The fourth-order valence-electron chi connectivity index (χ4n) is 2.23. The zero-order valence-corrected chi connectivity index (χ0v) is 15.8. The minimum absolute atomic E-state index is 0.104. The molecule has 0 radical (unpaired) electrons. The van der Waals surface area contributed by atoms with Crippen molar-refractivity contribution < 1.29 is 4.79 Å². The van der Waals surface area contributed by atoms with Crippen molar-refractivity contribution in [2.45, 2.75) is 22.9 Å². The fourth-order valence-corrected chi connectivity index (χ4v) is 3.37. The zero-order valence-electron chi connectivity index (χ0n) is 13.4. The van der Waals surface area contributed by atoms with Crippen LogP contribution in [-0.2, 0) is 6.54 Å². The molecule has 0 saturated carbocycles. The van der Waals surface area contributed by atoms with Gasteiger partial charge in [-0.15, -0.1) is 0 Å². The number of aromatic nitrogens is 3. The van der Waals surface area contributed by atoms with Gasteiger partial charge in [0.25, 0.3) is 5.91 Å². The number of rotatable bonds is 7. The predicted molar refractivity (Wildman–Crippen MR) is 102 cm³/mol. The van der Waals surface area contributed by atoms with Gasteiger partial charge >= 0.3 is 0 Å². The highest BCUT2D eigenvalue weighted by Crippen LogP contribution is 2.29. The van der Waals surface area contributed by atoms with Crippen LogP contribution in [0.3, 0.4) is 0 Å². The Bertz CT molecular complexity index is 821. The molecule has 3 aromatic rings. The van der Waals surface area contributed by atoms with Crippen LogP contribution in [0.25, 0.3) is 0 Å². The smallest absolute Gasteiger partial charge is 0.254 e. The lowest BCUT2D eigenvalue weighted by atomic mass is 10.2. The van der Waals surface area contributed by atoms with Crippen LogP contribution in [0.1, 0.15) is 16.8 Å². The number of carbonyl (C=O) groups is 1. The topological polar surface area (TPSA) is 59.8 Å². The van der Waals surface area contributed by atoms with Crippen LogP contribution in [0.2, 0.25) is 0 Å². The van der Waals surface area contributed by atoms with Crippen molar-refractivity contribution in [3.8, 4) is 0 Å². The van der Waals surface area contributed by atoms with Gasteiger partial charge in [0, 0.05) is 41.0 Å². The molecule has 0 aliphatic rings. The van der Waals surface area contributed by atoms with E-state index in [1.807, 2.05) is 41.2 Å². The number of benzene rings is 1. The molecule has 3 rings (SSSR count). The molecule has 128 valence electrons. The molecule has 5 nitrogen and oxygen atoms in total. The number of aryl methyl sites for hydroxylation is 1. The minimum Gasteiger partial charge on any atom is -0.352 e. The Morgan fingerprint density at radius 2 is 2.00 bits per heavy atom. The molecule has 0 bridgehead atoms. The van der Waals surface area contributed by atoms with Crippen molar-refractivity contribution in [1.29, 1.82) is 0 Å². The van der Waals surface area contributed by atoms with E-state index in [9.17, 15) is 4.79 Å². The molecule has 0 atom stereocenters. The summed E-state index contributed by atoms with van der Waals surface area (Å²) < 4.78 is 2.87. The maximum atomic E-state index is 12.5. The average Bonchev–Trinajstić information content (AvgIpc) is 3.14. The Hall–Kier alpha value is -2.12. The molecule has 0 unspecified atom stereocenters. The first-order valence-electron chi connectivity index (χ1n) is 7.86. The van der Waals surface area contributed by atoms with E-state index in [2.05, 4.69) is 31.3 Å². The van der Waals surface area contributed by atoms with Crippen LogP contribution in [0.5, 0.6) is 0 Å². The molecule has 1 aromatic carbocycles. The number of nitrogens with zero attached hydrogens (tertiary/aromatic N) is 3. The van der Waals surface area contributed by atoms with Gasteiger partial charge in [-0.25, -0.2) is 4.98 Å². The summed E-state index contributed by atoms with van der Waals surface area (Å²) in [6.45, 7) is 1.37. The summed E-state index contributed by atoms with van der Waals surface area (Å²) in [6, 6.07) is 13.4. The van der Waals surface area contributed by atoms with Crippen molar-refractivity contribution in [2.24, 2.45) is 0 Å². The van der Waals surface area contributed by atoms with E-state index < -0.39 is 0 Å². The zero-order chi connectivity index (χ0) is 17.5. The molecule has 2 aromatic heterocycles. The van der Waals surface area contributed by atoms with E-state index in [4.69, 9.17) is 0 Å². The molecular formula is C18H17BrN4OS. The molecule has 7 heteroatoms. The van der Waals surface area contributed by atoms with Crippen LogP contribution < -0.4 is 5.32 Å². The highest BCUT2D eigenvalue weighted by atomic mass is 79.9. The molecule has 1 N–H and O–H groups in total. The number of hydrogen-bond acceptors (Lipinski definition) is 4. The van der Waals surface area contributed by atoms with Crippen LogP contribution >= 0.6 is 27.7 Å². The van der Waals surface area contributed by atoms with Gasteiger partial charge in [-0.05, 0) is 48.9 Å². The number of nitrogens with one attached hydrogen (secondary N) is 1. The standard InChI is InChI=1S/C18H17BrN4OS/c19-14-5-7-15(8-6-14)25-18-16(4-1-9-21-18)17(24)20-10-2-12-23-13-3-11-22-23/h1,3-9,11,13H,2,10,12H2,(H,20,24). The highest BCUT2D eigenvalue weighted by molar-refractivity contribution is 9.10. The molecule has 0 aliphatic heterocycles. The molecule has 2 heterocycles. The third kappa shape index (κ3) is 5.17. The maximum Gasteiger partial charge on any atom is 0.254 e. The second kappa shape index (κ2) is 8.82. The normalized spacial score (nSPS) is 10.6. The van der Waals surface area contributed by atoms with Gasteiger partial charge in [-0.2, -0.15) is 5.10 Å². The molecule has 0 aliphatic carbocycles. The molecule has 0 spiro atoms. The summed E-state index contributed by atoms with van der Waals surface area (Å²) in [6.07, 6.45) is 6.19. The third-order valence-corrected chi connectivity index (χ3v) is 5.01. The summed E-state index contributed by atoms with van der Waals surface area (Å²) in [4.78, 5) is 17.9. The van der Waals surface area contributed by atoms with E-state index in [0.29, 0.717) is 17.1 Å². The van der Waals surface area contributed by atoms with Gasteiger partial charge < -0.3 is 5.32 Å². The van der Waals surface area contributed by atoms with Gasteiger partial charge in [0.05, 0.1) is 5.56 Å². The number of pyridine rings is 1. The molecule has 1 amide bonds. The lowest BCUT2D eigenvalue weighted by molar-refractivity contribution is 0.0949. The van der Waals surface area contributed by atoms with E-state index in [0.717, 1.165) is 22.3 Å². The molecule has 0 saturated heterocycles. The largest absolute Gasteiger partial charge is 0.352 e. The number of hydrogen-bond donors (Lipinski definition) is 1. The van der Waals surface area contributed by atoms with Crippen molar-refractivity contribution in [2.75, 3.05) is 6.54 Å². The first-order valence-corrected chi connectivity index (χ1v) is 9.47. The third-order valence-electron chi connectivity index (χ3n) is 3.45. The van der Waals surface area contributed by atoms with Crippen molar-refractivity contribution in [3.05, 3.63) is 71.1 Å². The van der Waals surface area contributed by atoms with E-state index in [-0.39, 0.29) is 5.91 Å². The SMILES string of the molecule is O=C(NCCCn1cccn1)c1cccnc1Sc1ccc(Br)cc1. The lowest BCUT2D eigenvalue weighted by Crippen LogP contribution is -2.26. The summed E-state index contributed by atoms with van der Waals surface area (Å²) in [5, 5.41) is 7.80. The monoisotopic (exact) mass is 416 g/mol. The maximum absolute atomic E-state index is 12.5. The number of halogens is 1. The predicted octanol–water partition coefficient (Wildman–Crippen LogP) is 4.01. The number of carbonyl (C=O) groups excluding carboxylic acids is 1. The van der Waals surface area contributed by atoms with Crippen LogP contribution in [0.4, 0.5) is 0 Å². The second-order valence-corrected chi connectivity index (χ2v) is 7.27. The summed E-state index contributed by atoms with van der Waals surface area (Å²) >= 11 is 4.90. The van der Waals surface area contributed by atoms with Gasteiger partial charge in [0.2, 0.25) is 0 Å². The van der Waals surface area contributed by atoms with E-state index in [1.54, 1.807) is 24.5 Å². The Morgan fingerprint density at radius 3 is 2.76 bits per heavy atom. The van der Waals surface area contributed by atoms with Gasteiger partial charge in [0.1, 0.15) is 5.03 Å². The van der Waals surface area contributed by atoms with Crippen molar-refractivity contribution >= 4 is 33.6 Å². The minimum atomic E-state index is -0.104. The van der Waals surface area contributed by atoms with Gasteiger partial charge in [-0.3, -0.25) is 9.48 Å².